The SMILES string of the molecule is CSc1ccc(CNC(C)C)c(C(F)(F)F)c1. The smallest absolute Gasteiger partial charge is 0.310 e. The summed E-state index contributed by atoms with van der Waals surface area (Å²) in [6.07, 6.45) is -2.53. The van der Waals surface area contributed by atoms with E-state index in [-0.39, 0.29) is 12.6 Å². The highest BCUT2D eigenvalue weighted by Gasteiger charge is 2.33. The third-order valence-corrected chi connectivity index (χ3v) is 3.05. The Labute approximate surface area is 104 Å². The molecule has 1 N–H and O–H groups in total. The molecule has 0 radical (unpaired) electrons. The molecule has 0 unspecified atom stereocenters. The lowest BCUT2D eigenvalue weighted by molar-refractivity contribution is -0.138. The van der Waals surface area contributed by atoms with Crippen molar-refractivity contribution in [3.8, 4) is 0 Å². The van der Waals surface area contributed by atoms with E-state index in [9.17, 15) is 13.2 Å². The maximum absolute atomic E-state index is 12.9. The van der Waals surface area contributed by atoms with Gasteiger partial charge in [-0.25, -0.2) is 0 Å². The van der Waals surface area contributed by atoms with Crippen LogP contribution in [0, 0.1) is 0 Å². The second-order valence-corrected chi connectivity index (χ2v) is 4.94. The quantitative estimate of drug-likeness (QED) is 0.826. The summed E-state index contributed by atoms with van der Waals surface area (Å²) in [6, 6.07) is 4.64. The predicted molar refractivity (Wildman–Crippen MR) is 65.2 cm³/mol. The minimum absolute atomic E-state index is 0.163. The zero-order chi connectivity index (χ0) is 13.1. The molecule has 1 rings (SSSR count). The summed E-state index contributed by atoms with van der Waals surface area (Å²) < 4.78 is 38.6. The van der Waals surface area contributed by atoms with Gasteiger partial charge in [0.05, 0.1) is 5.56 Å². The molecule has 1 aromatic carbocycles. The molecule has 0 bridgehead atoms. The van der Waals surface area contributed by atoms with Crippen LogP contribution in [0.15, 0.2) is 23.1 Å². The van der Waals surface area contributed by atoms with Crippen LogP contribution in [-0.4, -0.2) is 12.3 Å². The molecule has 96 valence electrons. The van der Waals surface area contributed by atoms with Crippen molar-refractivity contribution in [2.45, 2.75) is 37.5 Å². The van der Waals surface area contributed by atoms with Gasteiger partial charge in [-0.3, -0.25) is 0 Å². The molecule has 0 amide bonds. The number of hydrogen-bond acceptors (Lipinski definition) is 2. The Morgan fingerprint density at radius 3 is 2.41 bits per heavy atom. The van der Waals surface area contributed by atoms with Crippen LogP contribution < -0.4 is 5.32 Å². The average Bonchev–Trinajstić information content (AvgIpc) is 2.24. The molecular formula is C12H16F3NS. The van der Waals surface area contributed by atoms with E-state index in [4.69, 9.17) is 0 Å². The van der Waals surface area contributed by atoms with Gasteiger partial charge < -0.3 is 5.32 Å². The van der Waals surface area contributed by atoms with Gasteiger partial charge in [0.2, 0.25) is 0 Å². The number of rotatable bonds is 4. The van der Waals surface area contributed by atoms with Crippen molar-refractivity contribution in [1.29, 1.82) is 0 Å². The van der Waals surface area contributed by atoms with Gasteiger partial charge in [-0.05, 0) is 24.0 Å². The Morgan fingerprint density at radius 1 is 1.29 bits per heavy atom. The van der Waals surface area contributed by atoms with Gasteiger partial charge in [0.25, 0.3) is 0 Å². The summed E-state index contributed by atoms with van der Waals surface area (Å²) in [5.41, 5.74) is -0.249. The van der Waals surface area contributed by atoms with Crippen molar-refractivity contribution >= 4 is 11.8 Å². The van der Waals surface area contributed by atoms with Crippen LogP contribution in [0.4, 0.5) is 13.2 Å². The molecule has 0 fully saturated rings. The first-order valence-corrected chi connectivity index (χ1v) is 6.54. The molecule has 0 aliphatic carbocycles. The Morgan fingerprint density at radius 2 is 1.94 bits per heavy atom. The summed E-state index contributed by atoms with van der Waals surface area (Å²) >= 11 is 1.31. The fourth-order valence-electron chi connectivity index (χ4n) is 1.41. The van der Waals surface area contributed by atoms with Gasteiger partial charge in [0.15, 0.2) is 0 Å². The van der Waals surface area contributed by atoms with Crippen molar-refractivity contribution in [3.05, 3.63) is 29.3 Å². The van der Waals surface area contributed by atoms with Crippen LogP contribution in [-0.2, 0) is 12.7 Å². The molecular weight excluding hydrogens is 247 g/mol. The second-order valence-electron chi connectivity index (χ2n) is 4.06. The summed E-state index contributed by atoms with van der Waals surface area (Å²) in [5, 5.41) is 3.00. The number of alkyl halides is 3. The van der Waals surface area contributed by atoms with Crippen molar-refractivity contribution in [2.24, 2.45) is 0 Å². The van der Waals surface area contributed by atoms with Crippen LogP contribution in [0.25, 0.3) is 0 Å². The lowest BCUT2D eigenvalue weighted by Crippen LogP contribution is -2.23. The van der Waals surface area contributed by atoms with Crippen molar-refractivity contribution in [3.63, 3.8) is 0 Å². The predicted octanol–water partition coefficient (Wildman–Crippen LogP) is 3.93. The van der Waals surface area contributed by atoms with Crippen molar-refractivity contribution in [2.75, 3.05) is 6.26 Å². The maximum atomic E-state index is 12.9. The highest BCUT2D eigenvalue weighted by molar-refractivity contribution is 7.98. The van der Waals surface area contributed by atoms with Gasteiger partial charge in [-0.15, -0.1) is 11.8 Å². The van der Waals surface area contributed by atoms with Crippen LogP contribution in [0.5, 0.6) is 0 Å². The van der Waals surface area contributed by atoms with Crippen LogP contribution in [0.1, 0.15) is 25.0 Å². The minimum Gasteiger partial charge on any atom is -0.310 e. The number of halogens is 3. The number of hydrogen-bond donors (Lipinski definition) is 1. The third kappa shape index (κ3) is 4.24. The average molecular weight is 263 g/mol. The molecule has 0 atom stereocenters. The first-order valence-electron chi connectivity index (χ1n) is 5.32. The van der Waals surface area contributed by atoms with Crippen molar-refractivity contribution < 1.29 is 13.2 Å². The first-order chi connectivity index (χ1) is 7.84. The number of nitrogens with one attached hydrogen (secondary N) is 1. The lowest BCUT2D eigenvalue weighted by Gasteiger charge is -2.15. The zero-order valence-corrected chi connectivity index (χ0v) is 10.9. The Kier molecular flexibility index (Phi) is 4.89. The van der Waals surface area contributed by atoms with Crippen molar-refractivity contribution in [1.82, 2.24) is 5.32 Å². The largest absolute Gasteiger partial charge is 0.416 e. The first kappa shape index (κ1) is 14.4. The fourth-order valence-corrected chi connectivity index (χ4v) is 1.85. The summed E-state index contributed by atoms with van der Waals surface area (Å²) in [5.74, 6) is 0. The van der Waals surface area contributed by atoms with Gasteiger partial charge in [0.1, 0.15) is 0 Å². The molecule has 0 aromatic heterocycles. The third-order valence-electron chi connectivity index (χ3n) is 2.32. The van der Waals surface area contributed by atoms with Crippen LogP contribution in [0.3, 0.4) is 0 Å². The normalized spacial score (nSPS) is 12.2. The molecule has 1 aromatic rings. The van der Waals surface area contributed by atoms with Gasteiger partial charge in [-0.2, -0.15) is 13.2 Å². The number of thioether (sulfide) groups is 1. The summed E-state index contributed by atoms with van der Waals surface area (Å²) in [7, 11) is 0. The molecule has 0 heterocycles. The molecule has 17 heavy (non-hydrogen) atoms. The Hall–Kier alpha value is -0.680. The van der Waals surface area contributed by atoms with E-state index in [1.807, 2.05) is 13.8 Å². The van der Waals surface area contributed by atoms with E-state index >= 15 is 0 Å². The van der Waals surface area contributed by atoms with Crippen LogP contribution in [0.2, 0.25) is 0 Å². The molecule has 1 nitrogen and oxygen atoms in total. The second kappa shape index (κ2) is 5.78. The van der Waals surface area contributed by atoms with E-state index in [0.717, 1.165) is 0 Å². The van der Waals surface area contributed by atoms with E-state index in [0.29, 0.717) is 10.5 Å². The van der Waals surface area contributed by atoms with E-state index < -0.39 is 11.7 Å². The molecule has 0 aliphatic rings. The summed E-state index contributed by atoms with van der Waals surface area (Å²) in [4.78, 5) is 0.630. The number of benzene rings is 1. The van der Waals surface area contributed by atoms with Gasteiger partial charge >= 0.3 is 6.18 Å². The lowest BCUT2D eigenvalue weighted by atomic mass is 10.1. The van der Waals surface area contributed by atoms with Crippen LogP contribution >= 0.6 is 11.8 Å². The Balaban J connectivity index is 3.03. The molecule has 0 saturated carbocycles. The highest BCUT2D eigenvalue weighted by atomic mass is 32.2. The summed E-state index contributed by atoms with van der Waals surface area (Å²) in [6.45, 7) is 4.05. The monoisotopic (exact) mass is 263 g/mol. The molecule has 0 spiro atoms. The molecule has 0 saturated heterocycles. The van der Waals surface area contributed by atoms with E-state index in [1.165, 1.54) is 17.8 Å². The maximum Gasteiger partial charge on any atom is 0.416 e. The minimum atomic E-state index is -4.29. The highest BCUT2D eigenvalue weighted by Crippen LogP contribution is 2.34. The Bertz CT molecular complexity index is 375. The molecule has 0 aliphatic heterocycles. The zero-order valence-electron chi connectivity index (χ0n) is 10.1. The van der Waals surface area contributed by atoms with Gasteiger partial charge in [-0.1, -0.05) is 19.9 Å². The topological polar surface area (TPSA) is 12.0 Å². The van der Waals surface area contributed by atoms with E-state index in [2.05, 4.69) is 5.32 Å². The molecule has 5 heteroatoms. The fraction of sp³-hybridized carbons (Fsp3) is 0.500. The van der Waals surface area contributed by atoms with Gasteiger partial charge in [0, 0.05) is 17.5 Å². The standard InChI is InChI=1S/C12H16F3NS/c1-8(2)16-7-9-4-5-10(17-3)6-11(9)12(13,14)15/h4-6,8,16H,7H2,1-3H3. The van der Waals surface area contributed by atoms with E-state index in [1.54, 1.807) is 18.4 Å².